The lowest BCUT2D eigenvalue weighted by molar-refractivity contribution is -0.126. The number of nitrogens with zero attached hydrogens (tertiary/aromatic N) is 4. The second-order valence-corrected chi connectivity index (χ2v) is 7.84. The van der Waals surface area contributed by atoms with Gasteiger partial charge in [-0.1, -0.05) is 53.4 Å². The Morgan fingerprint density at radius 2 is 1.88 bits per heavy atom. The number of anilines is 1. The number of nitrogens with two attached hydrogens (primary N) is 1. The third-order valence-electron chi connectivity index (χ3n) is 3.81. The van der Waals surface area contributed by atoms with Gasteiger partial charge in [-0.2, -0.15) is 0 Å². The van der Waals surface area contributed by atoms with Gasteiger partial charge in [-0.3, -0.25) is 9.59 Å². The van der Waals surface area contributed by atoms with Crippen molar-refractivity contribution in [2.75, 3.05) is 36.8 Å². The van der Waals surface area contributed by atoms with E-state index in [0.717, 1.165) is 15.0 Å². The zero-order valence-corrected chi connectivity index (χ0v) is 15.7. The number of primary amides is 1. The van der Waals surface area contributed by atoms with E-state index in [-0.39, 0.29) is 17.6 Å². The van der Waals surface area contributed by atoms with Gasteiger partial charge in [0, 0.05) is 32.3 Å². The zero-order valence-electron chi connectivity index (χ0n) is 14.1. The molecule has 136 valence electrons. The number of carbonyl (C=O) groups is 2. The zero-order chi connectivity index (χ0) is 18.4. The highest BCUT2D eigenvalue weighted by Gasteiger charge is 2.22. The minimum absolute atomic E-state index is 0.0171. The van der Waals surface area contributed by atoms with Crippen molar-refractivity contribution in [3.05, 3.63) is 42.0 Å². The van der Waals surface area contributed by atoms with Gasteiger partial charge >= 0.3 is 0 Å². The highest BCUT2D eigenvalue weighted by Crippen LogP contribution is 2.28. The number of thioether (sulfide) groups is 1. The van der Waals surface area contributed by atoms with Crippen molar-refractivity contribution in [3.63, 3.8) is 0 Å². The van der Waals surface area contributed by atoms with Crippen molar-refractivity contribution in [1.82, 2.24) is 15.1 Å². The molecule has 1 saturated heterocycles. The number of hydrogen-bond donors (Lipinski definition) is 1. The van der Waals surface area contributed by atoms with E-state index in [9.17, 15) is 9.59 Å². The van der Waals surface area contributed by atoms with Crippen LogP contribution in [0.4, 0.5) is 5.13 Å². The Bertz CT molecular complexity index is 785. The first-order chi connectivity index (χ1) is 12.6. The molecule has 7 nitrogen and oxygen atoms in total. The average molecular weight is 390 g/mol. The highest BCUT2D eigenvalue weighted by atomic mass is 32.2. The summed E-state index contributed by atoms with van der Waals surface area (Å²) < 4.78 is 0.725. The van der Waals surface area contributed by atoms with Crippen molar-refractivity contribution in [3.8, 4) is 0 Å². The summed E-state index contributed by atoms with van der Waals surface area (Å²) in [5, 5.41) is 9.05. The monoisotopic (exact) mass is 389 g/mol. The molecule has 0 bridgehead atoms. The molecular weight excluding hydrogens is 370 g/mol. The van der Waals surface area contributed by atoms with E-state index in [4.69, 9.17) is 5.73 Å². The van der Waals surface area contributed by atoms with Gasteiger partial charge in [0.1, 0.15) is 0 Å². The molecule has 1 fully saturated rings. The van der Waals surface area contributed by atoms with Crippen molar-refractivity contribution in [2.24, 2.45) is 5.73 Å². The van der Waals surface area contributed by atoms with E-state index in [1.165, 1.54) is 23.1 Å². The molecule has 0 spiro atoms. The molecule has 1 aliphatic rings. The fourth-order valence-corrected chi connectivity index (χ4v) is 4.11. The molecule has 9 heteroatoms. The van der Waals surface area contributed by atoms with Crippen LogP contribution >= 0.6 is 23.1 Å². The third-order valence-corrected chi connectivity index (χ3v) is 5.95. The molecule has 1 aliphatic heterocycles. The Kier molecular flexibility index (Phi) is 6.24. The fraction of sp³-hybridized carbons (Fsp3) is 0.294. The lowest BCUT2D eigenvalue weighted by atomic mass is 10.2. The van der Waals surface area contributed by atoms with Gasteiger partial charge < -0.3 is 15.5 Å². The molecule has 0 saturated carbocycles. The summed E-state index contributed by atoms with van der Waals surface area (Å²) in [7, 11) is 0. The molecule has 2 N–H and O–H groups in total. The first-order valence-electron chi connectivity index (χ1n) is 8.13. The van der Waals surface area contributed by atoms with Gasteiger partial charge in [0.05, 0.1) is 5.75 Å². The minimum Gasteiger partial charge on any atom is -0.369 e. The third kappa shape index (κ3) is 5.06. The Balaban J connectivity index is 1.50. The average Bonchev–Trinajstić information content (AvgIpc) is 3.14. The maximum absolute atomic E-state index is 12.3. The fourth-order valence-electron chi connectivity index (χ4n) is 2.48. The molecular formula is C17H19N5O2S2. The normalized spacial score (nSPS) is 14.8. The summed E-state index contributed by atoms with van der Waals surface area (Å²) in [5.74, 6) is -0.157. The molecule has 1 aromatic carbocycles. The molecule has 0 aliphatic carbocycles. The number of benzene rings is 1. The standard InChI is InChI=1S/C17H19N5O2S2/c18-14(23)12-25-17-20-19-16(26-17)22-10-8-21(9-11-22)15(24)7-6-13-4-2-1-3-5-13/h1-7H,8-12H2,(H2,18,23)/b7-6+. The molecule has 0 atom stereocenters. The number of rotatable bonds is 6. The lowest BCUT2D eigenvalue weighted by Gasteiger charge is -2.33. The summed E-state index contributed by atoms with van der Waals surface area (Å²) in [6.07, 6.45) is 3.45. The predicted molar refractivity (Wildman–Crippen MR) is 104 cm³/mol. The summed E-state index contributed by atoms with van der Waals surface area (Å²) in [6, 6.07) is 9.77. The van der Waals surface area contributed by atoms with Gasteiger partial charge in [0.15, 0.2) is 4.34 Å². The van der Waals surface area contributed by atoms with E-state index in [1.807, 2.05) is 41.3 Å². The quantitative estimate of drug-likeness (QED) is 0.594. The van der Waals surface area contributed by atoms with Gasteiger partial charge in [0.25, 0.3) is 0 Å². The topological polar surface area (TPSA) is 92.4 Å². The van der Waals surface area contributed by atoms with Gasteiger partial charge in [0.2, 0.25) is 16.9 Å². The molecule has 1 aromatic heterocycles. The van der Waals surface area contributed by atoms with E-state index in [0.29, 0.717) is 26.2 Å². The maximum atomic E-state index is 12.3. The molecule has 26 heavy (non-hydrogen) atoms. The maximum Gasteiger partial charge on any atom is 0.246 e. The minimum atomic E-state index is -0.373. The Morgan fingerprint density at radius 1 is 1.15 bits per heavy atom. The Morgan fingerprint density at radius 3 is 2.58 bits per heavy atom. The highest BCUT2D eigenvalue weighted by molar-refractivity contribution is 8.01. The largest absolute Gasteiger partial charge is 0.369 e. The van der Waals surface area contributed by atoms with Gasteiger partial charge in [-0.15, -0.1) is 10.2 Å². The molecule has 2 amide bonds. The van der Waals surface area contributed by atoms with Crippen LogP contribution in [0.25, 0.3) is 6.08 Å². The SMILES string of the molecule is NC(=O)CSc1nnc(N2CCN(C(=O)/C=C/c3ccccc3)CC2)s1. The molecule has 3 rings (SSSR count). The van der Waals surface area contributed by atoms with Crippen molar-refractivity contribution in [2.45, 2.75) is 4.34 Å². The van der Waals surface area contributed by atoms with Crippen molar-refractivity contribution < 1.29 is 9.59 Å². The first kappa shape index (κ1) is 18.4. The van der Waals surface area contributed by atoms with E-state index in [1.54, 1.807) is 6.08 Å². The van der Waals surface area contributed by atoms with Crippen LogP contribution in [0.1, 0.15) is 5.56 Å². The summed E-state index contributed by atoms with van der Waals surface area (Å²) in [6.45, 7) is 2.70. The Hall–Kier alpha value is -2.39. The number of amides is 2. The van der Waals surface area contributed by atoms with Crippen molar-refractivity contribution >= 4 is 46.1 Å². The van der Waals surface area contributed by atoms with Gasteiger partial charge in [-0.05, 0) is 11.6 Å². The summed E-state index contributed by atoms with van der Waals surface area (Å²) in [4.78, 5) is 27.1. The summed E-state index contributed by atoms with van der Waals surface area (Å²) >= 11 is 2.73. The molecule has 0 unspecified atom stereocenters. The Labute approximate surface area is 159 Å². The van der Waals surface area contributed by atoms with Crippen LogP contribution in [0.15, 0.2) is 40.7 Å². The van der Waals surface area contributed by atoms with Crippen LogP contribution in [0.5, 0.6) is 0 Å². The van der Waals surface area contributed by atoms with Crippen molar-refractivity contribution in [1.29, 1.82) is 0 Å². The second-order valence-electron chi connectivity index (χ2n) is 5.66. The van der Waals surface area contributed by atoms with E-state index < -0.39 is 0 Å². The number of hydrogen-bond acceptors (Lipinski definition) is 7. The van der Waals surface area contributed by atoms with Gasteiger partial charge in [-0.25, -0.2) is 0 Å². The summed E-state index contributed by atoms with van der Waals surface area (Å²) in [5.41, 5.74) is 6.15. The van der Waals surface area contributed by atoms with Crippen LogP contribution in [0.3, 0.4) is 0 Å². The van der Waals surface area contributed by atoms with Crippen LogP contribution < -0.4 is 10.6 Å². The molecule has 0 radical (unpaired) electrons. The molecule has 2 aromatic rings. The first-order valence-corrected chi connectivity index (χ1v) is 9.93. The van der Waals surface area contributed by atoms with Crippen LogP contribution in [-0.4, -0.2) is 58.8 Å². The van der Waals surface area contributed by atoms with Crippen LogP contribution in [-0.2, 0) is 9.59 Å². The van der Waals surface area contributed by atoms with Crippen LogP contribution in [0, 0.1) is 0 Å². The second kappa shape index (κ2) is 8.81. The van der Waals surface area contributed by atoms with Crippen LogP contribution in [0.2, 0.25) is 0 Å². The number of aromatic nitrogens is 2. The number of piperazine rings is 1. The predicted octanol–water partition coefficient (Wildman–Crippen LogP) is 1.48. The number of carbonyl (C=O) groups excluding carboxylic acids is 2. The molecule has 2 heterocycles. The smallest absolute Gasteiger partial charge is 0.246 e. The lowest BCUT2D eigenvalue weighted by Crippen LogP contribution is -2.48. The van der Waals surface area contributed by atoms with E-state index >= 15 is 0 Å². The van der Waals surface area contributed by atoms with E-state index in [2.05, 4.69) is 15.1 Å².